The van der Waals surface area contributed by atoms with Crippen molar-refractivity contribution in [2.45, 2.75) is 43.7 Å². The highest BCUT2D eigenvalue weighted by molar-refractivity contribution is 5.40. The van der Waals surface area contributed by atoms with Gasteiger partial charge in [-0.05, 0) is 25.7 Å². The fraction of sp³-hybridized carbons (Fsp3) is 0.733. The Morgan fingerprint density at radius 2 is 2.24 bits per heavy atom. The number of hydrogen-bond donors (Lipinski definition) is 2. The summed E-state index contributed by atoms with van der Waals surface area (Å²) in [4.78, 5) is 21.7. The minimum Gasteiger partial charge on any atom is -0.377 e. The smallest absolute Gasteiger partial charge is 0.252 e. The largest absolute Gasteiger partial charge is 0.377 e. The maximum atomic E-state index is 11.9. The topological polar surface area (TPSA) is 70.2 Å². The van der Waals surface area contributed by atoms with Crippen LogP contribution < -0.4 is 15.8 Å². The number of aromatic nitrogens is 2. The van der Waals surface area contributed by atoms with Crippen LogP contribution in [0.2, 0.25) is 0 Å². The van der Waals surface area contributed by atoms with Crippen LogP contribution >= 0.6 is 0 Å². The van der Waals surface area contributed by atoms with Crippen LogP contribution in [0.3, 0.4) is 0 Å². The molecule has 2 heterocycles. The molecule has 3 fully saturated rings. The fourth-order valence-electron chi connectivity index (χ4n) is 2.88. The summed E-state index contributed by atoms with van der Waals surface area (Å²) in [6, 6.07) is 2.57. The molecule has 2 saturated carbocycles. The van der Waals surface area contributed by atoms with Crippen LogP contribution in [0.5, 0.6) is 0 Å². The van der Waals surface area contributed by atoms with E-state index in [4.69, 9.17) is 9.72 Å². The number of aromatic amines is 1. The molecule has 2 aliphatic carbocycles. The van der Waals surface area contributed by atoms with Crippen LogP contribution in [0.4, 0.5) is 5.82 Å². The normalized spacial score (nSPS) is 26.1. The summed E-state index contributed by atoms with van der Waals surface area (Å²) in [7, 11) is 0. The predicted molar refractivity (Wildman–Crippen MR) is 79.8 cm³/mol. The Labute approximate surface area is 123 Å². The molecule has 3 aliphatic rings. The molecule has 1 aromatic heterocycles. The number of nitrogens with one attached hydrogen (secondary N) is 2. The first kappa shape index (κ1) is 13.3. The molecule has 21 heavy (non-hydrogen) atoms. The van der Waals surface area contributed by atoms with Gasteiger partial charge in [0.2, 0.25) is 0 Å². The maximum absolute atomic E-state index is 11.9. The van der Waals surface area contributed by atoms with Gasteiger partial charge < -0.3 is 19.9 Å². The van der Waals surface area contributed by atoms with E-state index in [2.05, 4.69) is 15.2 Å². The SMILES string of the molecule is O=c1cc(N2CCOCC2CNC2CC2)nc(C2CC2)[nH]1. The summed E-state index contributed by atoms with van der Waals surface area (Å²) in [5.74, 6) is 2.13. The van der Waals surface area contributed by atoms with Gasteiger partial charge in [-0.25, -0.2) is 4.98 Å². The standard InChI is InChI=1S/C15H22N4O2/c20-14-7-13(17-15(18-14)10-1-2-10)19-5-6-21-9-12(19)8-16-11-3-4-11/h7,10-12,16H,1-6,8-9H2,(H,17,18,20). The van der Waals surface area contributed by atoms with Crippen LogP contribution in [0.15, 0.2) is 10.9 Å². The molecular formula is C15H22N4O2. The van der Waals surface area contributed by atoms with Crippen LogP contribution in [0.25, 0.3) is 0 Å². The molecule has 0 aromatic carbocycles. The molecule has 1 aliphatic heterocycles. The third kappa shape index (κ3) is 3.11. The first-order chi connectivity index (χ1) is 10.3. The van der Waals surface area contributed by atoms with Crippen LogP contribution in [0, 0.1) is 0 Å². The molecule has 1 saturated heterocycles. The Bertz CT molecular complexity index is 565. The Morgan fingerprint density at radius 3 is 3.00 bits per heavy atom. The molecule has 6 heteroatoms. The molecule has 4 rings (SSSR count). The van der Waals surface area contributed by atoms with E-state index in [0.717, 1.165) is 37.6 Å². The van der Waals surface area contributed by atoms with E-state index in [0.29, 0.717) is 25.2 Å². The predicted octanol–water partition coefficient (Wildman–Crippen LogP) is 0.604. The Hall–Kier alpha value is -1.40. The molecule has 2 N–H and O–H groups in total. The average Bonchev–Trinajstić information content (AvgIpc) is 3.39. The van der Waals surface area contributed by atoms with Crippen molar-refractivity contribution in [2.24, 2.45) is 0 Å². The minimum atomic E-state index is -0.0395. The zero-order chi connectivity index (χ0) is 14.2. The van der Waals surface area contributed by atoms with Crippen molar-refractivity contribution in [1.82, 2.24) is 15.3 Å². The number of ether oxygens (including phenoxy) is 1. The fourth-order valence-corrected chi connectivity index (χ4v) is 2.88. The number of rotatable bonds is 5. The number of anilines is 1. The van der Waals surface area contributed by atoms with E-state index in [-0.39, 0.29) is 11.6 Å². The van der Waals surface area contributed by atoms with Gasteiger partial charge in [0.05, 0.1) is 19.3 Å². The van der Waals surface area contributed by atoms with Gasteiger partial charge >= 0.3 is 0 Å². The zero-order valence-corrected chi connectivity index (χ0v) is 12.2. The first-order valence-corrected chi connectivity index (χ1v) is 7.98. The summed E-state index contributed by atoms with van der Waals surface area (Å²) in [6.07, 6.45) is 4.84. The molecular weight excluding hydrogens is 268 g/mol. The Balaban J connectivity index is 1.54. The summed E-state index contributed by atoms with van der Waals surface area (Å²) in [6.45, 7) is 3.11. The molecule has 1 aromatic rings. The molecule has 0 spiro atoms. The van der Waals surface area contributed by atoms with Crippen molar-refractivity contribution in [3.8, 4) is 0 Å². The van der Waals surface area contributed by atoms with Crippen molar-refractivity contribution in [3.05, 3.63) is 22.2 Å². The minimum absolute atomic E-state index is 0.0395. The van der Waals surface area contributed by atoms with Gasteiger partial charge in [0.25, 0.3) is 5.56 Å². The second kappa shape index (κ2) is 5.42. The molecule has 0 radical (unpaired) electrons. The summed E-state index contributed by atoms with van der Waals surface area (Å²) < 4.78 is 5.61. The lowest BCUT2D eigenvalue weighted by molar-refractivity contribution is 0.0932. The van der Waals surface area contributed by atoms with Crippen LogP contribution in [-0.2, 0) is 4.74 Å². The number of morpholine rings is 1. The second-order valence-corrected chi connectivity index (χ2v) is 6.37. The van der Waals surface area contributed by atoms with Crippen molar-refractivity contribution < 1.29 is 4.74 Å². The number of H-pyrrole nitrogens is 1. The van der Waals surface area contributed by atoms with Crippen molar-refractivity contribution >= 4 is 5.82 Å². The van der Waals surface area contributed by atoms with E-state index in [1.807, 2.05) is 0 Å². The molecule has 6 nitrogen and oxygen atoms in total. The quantitative estimate of drug-likeness (QED) is 0.831. The third-order valence-electron chi connectivity index (χ3n) is 4.45. The molecule has 0 amide bonds. The van der Waals surface area contributed by atoms with Gasteiger partial charge in [-0.3, -0.25) is 4.79 Å². The van der Waals surface area contributed by atoms with Gasteiger partial charge in [-0.2, -0.15) is 0 Å². The van der Waals surface area contributed by atoms with Gasteiger partial charge in [-0.15, -0.1) is 0 Å². The molecule has 114 valence electrons. The van der Waals surface area contributed by atoms with Crippen molar-refractivity contribution in [3.63, 3.8) is 0 Å². The summed E-state index contributed by atoms with van der Waals surface area (Å²) in [5.41, 5.74) is -0.0395. The first-order valence-electron chi connectivity index (χ1n) is 7.98. The van der Waals surface area contributed by atoms with E-state index in [1.165, 1.54) is 12.8 Å². The summed E-state index contributed by atoms with van der Waals surface area (Å²) >= 11 is 0. The Morgan fingerprint density at radius 1 is 1.38 bits per heavy atom. The van der Waals surface area contributed by atoms with Crippen LogP contribution in [0.1, 0.15) is 37.4 Å². The highest BCUT2D eigenvalue weighted by Gasteiger charge is 2.30. The number of hydrogen-bond acceptors (Lipinski definition) is 5. The molecule has 1 atom stereocenters. The van der Waals surface area contributed by atoms with Gasteiger partial charge in [0, 0.05) is 31.1 Å². The monoisotopic (exact) mass is 290 g/mol. The lowest BCUT2D eigenvalue weighted by atomic mass is 10.2. The molecule has 1 unspecified atom stereocenters. The second-order valence-electron chi connectivity index (χ2n) is 6.37. The van der Waals surface area contributed by atoms with Gasteiger partial charge in [0.15, 0.2) is 0 Å². The van der Waals surface area contributed by atoms with Crippen LogP contribution in [-0.4, -0.2) is 48.4 Å². The van der Waals surface area contributed by atoms with E-state index in [9.17, 15) is 4.79 Å². The summed E-state index contributed by atoms with van der Waals surface area (Å²) in [5, 5.41) is 3.56. The highest BCUT2D eigenvalue weighted by Crippen LogP contribution is 2.38. The molecule has 0 bridgehead atoms. The van der Waals surface area contributed by atoms with Gasteiger partial charge in [-0.1, -0.05) is 0 Å². The van der Waals surface area contributed by atoms with Crippen molar-refractivity contribution in [1.29, 1.82) is 0 Å². The highest BCUT2D eigenvalue weighted by atomic mass is 16.5. The number of nitrogens with zero attached hydrogens (tertiary/aromatic N) is 2. The third-order valence-corrected chi connectivity index (χ3v) is 4.45. The average molecular weight is 290 g/mol. The van der Waals surface area contributed by atoms with Gasteiger partial charge in [0.1, 0.15) is 11.6 Å². The van der Waals surface area contributed by atoms with Crippen molar-refractivity contribution in [2.75, 3.05) is 31.2 Å². The Kier molecular flexibility index (Phi) is 3.43. The maximum Gasteiger partial charge on any atom is 0.252 e. The lowest BCUT2D eigenvalue weighted by Crippen LogP contribution is -2.51. The van der Waals surface area contributed by atoms with E-state index >= 15 is 0 Å². The van der Waals surface area contributed by atoms with E-state index in [1.54, 1.807) is 6.07 Å². The zero-order valence-electron chi connectivity index (χ0n) is 12.2. The lowest BCUT2D eigenvalue weighted by Gasteiger charge is -2.36. The van der Waals surface area contributed by atoms with E-state index < -0.39 is 0 Å².